The topological polar surface area (TPSA) is 69.7 Å². The summed E-state index contributed by atoms with van der Waals surface area (Å²) >= 11 is 0. The van der Waals surface area contributed by atoms with Crippen LogP contribution in [0.2, 0.25) is 0 Å². The van der Waals surface area contributed by atoms with Crippen LogP contribution >= 0.6 is 0 Å². The van der Waals surface area contributed by atoms with Crippen LogP contribution in [0, 0.1) is 25.5 Å². The lowest BCUT2D eigenvalue weighted by atomic mass is 10.1. The van der Waals surface area contributed by atoms with Gasteiger partial charge < -0.3 is 15.1 Å². The number of rotatable bonds is 4. The van der Waals surface area contributed by atoms with E-state index < -0.39 is 29.4 Å². The van der Waals surface area contributed by atoms with Gasteiger partial charge in [-0.15, -0.1) is 0 Å². The Kier molecular flexibility index (Phi) is 5.39. The van der Waals surface area contributed by atoms with E-state index in [2.05, 4.69) is 5.32 Å². The molecule has 0 unspecified atom stereocenters. The average Bonchev–Trinajstić information content (AvgIpc) is 2.64. The minimum Gasteiger partial charge on any atom is -0.324 e. The van der Waals surface area contributed by atoms with Crippen LogP contribution < -0.4 is 10.2 Å². The molecule has 1 N–H and O–H groups in total. The molecule has 3 rings (SSSR count). The summed E-state index contributed by atoms with van der Waals surface area (Å²) in [7, 11) is 0. The van der Waals surface area contributed by atoms with Crippen molar-refractivity contribution in [2.24, 2.45) is 0 Å². The summed E-state index contributed by atoms with van der Waals surface area (Å²) in [5, 5.41) is 2.73. The molecule has 6 nitrogen and oxygen atoms in total. The summed E-state index contributed by atoms with van der Waals surface area (Å²) in [6.07, 6.45) is 0. The van der Waals surface area contributed by atoms with Gasteiger partial charge >= 0.3 is 11.8 Å². The number of amides is 3. The third-order valence-electron chi connectivity index (χ3n) is 4.51. The van der Waals surface area contributed by atoms with Gasteiger partial charge in [-0.05, 0) is 37.6 Å². The SMILES string of the molecule is Cc1ccc(NC(=O)CN2CCN(c3ccc(F)c(F)c3)C(=O)C2=O)c(C)c1. The average molecular weight is 387 g/mol. The quantitative estimate of drug-likeness (QED) is 0.819. The van der Waals surface area contributed by atoms with Gasteiger partial charge in [0.1, 0.15) is 6.54 Å². The van der Waals surface area contributed by atoms with E-state index >= 15 is 0 Å². The summed E-state index contributed by atoms with van der Waals surface area (Å²) in [6.45, 7) is 3.70. The number of halogens is 2. The van der Waals surface area contributed by atoms with Crippen molar-refractivity contribution >= 4 is 29.1 Å². The minimum atomic E-state index is -1.10. The van der Waals surface area contributed by atoms with Gasteiger partial charge in [-0.25, -0.2) is 8.78 Å². The molecule has 1 saturated heterocycles. The van der Waals surface area contributed by atoms with Gasteiger partial charge in [0, 0.05) is 30.5 Å². The van der Waals surface area contributed by atoms with Crippen molar-refractivity contribution in [3.8, 4) is 0 Å². The number of carbonyl (C=O) groups excluding carboxylic acids is 3. The molecule has 0 aromatic heterocycles. The van der Waals surface area contributed by atoms with Crippen molar-refractivity contribution in [2.45, 2.75) is 13.8 Å². The summed E-state index contributed by atoms with van der Waals surface area (Å²) in [4.78, 5) is 39.2. The first kappa shape index (κ1) is 19.5. The highest BCUT2D eigenvalue weighted by Crippen LogP contribution is 2.21. The number of nitrogens with one attached hydrogen (secondary N) is 1. The molecular weight excluding hydrogens is 368 g/mol. The monoisotopic (exact) mass is 387 g/mol. The molecule has 28 heavy (non-hydrogen) atoms. The van der Waals surface area contributed by atoms with Crippen molar-refractivity contribution in [3.63, 3.8) is 0 Å². The van der Waals surface area contributed by atoms with Crippen molar-refractivity contribution < 1.29 is 23.2 Å². The van der Waals surface area contributed by atoms with Crippen molar-refractivity contribution in [2.75, 3.05) is 29.9 Å². The zero-order chi connectivity index (χ0) is 20.4. The molecule has 0 aliphatic carbocycles. The van der Waals surface area contributed by atoms with E-state index in [1.165, 1.54) is 6.07 Å². The Morgan fingerprint density at radius 2 is 1.75 bits per heavy atom. The van der Waals surface area contributed by atoms with E-state index in [1.54, 1.807) is 6.07 Å². The fourth-order valence-electron chi connectivity index (χ4n) is 3.04. The Balaban J connectivity index is 1.65. The van der Waals surface area contributed by atoms with E-state index in [4.69, 9.17) is 0 Å². The molecule has 0 radical (unpaired) electrons. The predicted octanol–water partition coefficient (Wildman–Crippen LogP) is 2.40. The lowest BCUT2D eigenvalue weighted by Crippen LogP contribution is -2.56. The van der Waals surface area contributed by atoms with Crippen molar-refractivity contribution in [3.05, 3.63) is 59.2 Å². The van der Waals surface area contributed by atoms with Crippen LogP contribution in [0.4, 0.5) is 20.2 Å². The van der Waals surface area contributed by atoms with Crippen LogP contribution in [0.25, 0.3) is 0 Å². The number of benzene rings is 2. The second kappa shape index (κ2) is 7.75. The predicted molar refractivity (Wildman–Crippen MR) is 99.8 cm³/mol. The molecule has 8 heteroatoms. The Morgan fingerprint density at radius 1 is 1.00 bits per heavy atom. The number of carbonyl (C=O) groups is 3. The molecule has 146 valence electrons. The van der Waals surface area contributed by atoms with E-state index in [0.29, 0.717) is 5.69 Å². The highest BCUT2D eigenvalue weighted by atomic mass is 19.2. The van der Waals surface area contributed by atoms with E-state index in [1.807, 2.05) is 26.0 Å². The molecule has 3 amide bonds. The largest absolute Gasteiger partial charge is 0.324 e. The lowest BCUT2D eigenvalue weighted by molar-refractivity contribution is -0.147. The third kappa shape index (κ3) is 4.00. The smallest absolute Gasteiger partial charge is 0.316 e. The van der Waals surface area contributed by atoms with Crippen LogP contribution in [0.3, 0.4) is 0 Å². The molecule has 2 aromatic rings. The standard InChI is InChI=1S/C20H19F2N3O3/c1-12-3-6-17(13(2)9-12)23-18(26)11-24-7-8-25(20(28)19(24)27)14-4-5-15(21)16(22)10-14/h3-6,9-10H,7-8,11H2,1-2H3,(H,23,26). The molecule has 1 heterocycles. The molecule has 2 aromatic carbocycles. The first-order valence-corrected chi connectivity index (χ1v) is 8.69. The number of nitrogens with zero attached hydrogens (tertiary/aromatic N) is 2. The zero-order valence-corrected chi connectivity index (χ0v) is 15.5. The molecule has 1 aliphatic rings. The second-order valence-corrected chi connectivity index (χ2v) is 6.65. The van der Waals surface area contributed by atoms with E-state index in [-0.39, 0.29) is 25.3 Å². The van der Waals surface area contributed by atoms with Gasteiger partial charge in [0.15, 0.2) is 11.6 Å². The second-order valence-electron chi connectivity index (χ2n) is 6.65. The van der Waals surface area contributed by atoms with Gasteiger partial charge in [0.05, 0.1) is 0 Å². The number of hydrogen-bond acceptors (Lipinski definition) is 3. The summed E-state index contributed by atoms with van der Waals surface area (Å²) in [5.74, 6) is -4.32. The molecule has 1 fully saturated rings. The first-order chi connectivity index (χ1) is 13.3. The molecular formula is C20H19F2N3O3. The van der Waals surface area contributed by atoms with Crippen LogP contribution in [0.5, 0.6) is 0 Å². The van der Waals surface area contributed by atoms with Crippen molar-refractivity contribution in [1.82, 2.24) is 4.90 Å². The normalized spacial score (nSPS) is 14.4. The van der Waals surface area contributed by atoms with Crippen LogP contribution in [0.15, 0.2) is 36.4 Å². The molecule has 0 saturated carbocycles. The van der Waals surface area contributed by atoms with Gasteiger partial charge in [-0.3, -0.25) is 14.4 Å². The minimum absolute atomic E-state index is 0.0759. The van der Waals surface area contributed by atoms with Crippen molar-refractivity contribution in [1.29, 1.82) is 0 Å². The summed E-state index contributed by atoms with van der Waals surface area (Å²) in [5.41, 5.74) is 2.68. The molecule has 0 atom stereocenters. The van der Waals surface area contributed by atoms with Crippen LogP contribution in [-0.4, -0.2) is 42.3 Å². The lowest BCUT2D eigenvalue weighted by Gasteiger charge is -2.33. The van der Waals surface area contributed by atoms with Gasteiger partial charge in [0.2, 0.25) is 5.91 Å². The van der Waals surface area contributed by atoms with E-state index in [0.717, 1.165) is 33.1 Å². The maximum Gasteiger partial charge on any atom is 0.316 e. The third-order valence-corrected chi connectivity index (χ3v) is 4.51. The highest BCUT2D eigenvalue weighted by molar-refractivity contribution is 6.41. The Labute approximate surface area is 160 Å². The zero-order valence-electron chi connectivity index (χ0n) is 15.5. The number of hydrogen-bond donors (Lipinski definition) is 1. The molecule has 1 aliphatic heterocycles. The fourth-order valence-corrected chi connectivity index (χ4v) is 3.04. The maximum absolute atomic E-state index is 13.4. The molecule has 0 spiro atoms. The van der Waals surface area contributed by atoms with Crippen LogP contribution in [0.1, 0.15) is 11.1 Å². The molecule has 0 bridgehead atoms. The van der Waals surface area contributed by atoms with Gasteiger partial charge in [0.25, 0.3) is 0 Å². The maximum atomic E-state index is 13.4. The van der Waals surface area contributed by atoms with Gasteiger partial charge in [-0.2, -0.15) is 0 Å². The highest BCUT2D eigenvalue weighted by Gasteiger charge is 2.34. The Bertz CT molecular complexity index is 962. The number of anilines is 2. The first-order valence-electron chi connectivity index (χ1n) is 8.69. The Hall–Kier alpha value is -3.29. The Morgan fingerprint density at radius 3 is 2.43 bits per heavy atom. The number of piperazine rings is 1. The fraction of sp³-hybridized carbons (Fsp3) is 0.250. The summed E-state index contributed by atoms with van der Waals surface area (Å²) < 4.78 is 26.5. The van der Waals surface area contributed by atoms with E-state index in [9.17, 15) is 23.2 Å². The number of aryl methyl sites for hydroxylation is 2. The van der Waals surface area contributed by atoms with Crippen LogP contribution in [-0.2, 0) is 14.4 Å². The van der Waals surface area contributed by atoms with Gasteiger partial charge in [-0.1, -0.05) is 17.7 Å². The summed E-state index contributed by atoms with van der Waals surface area (Å²) in [6, 6.07) is 8.54.